The van der Waals surface area contributed by atoms with E-state index in [-0.39, 0.29) is 30.0 Å². The lowest BCUT2D eigenvalue weighted by Crippen LogP contribution is -2.16. The van der Waals surface area contributed by atoms with Gasteiger partial charge in [-0.3, -0.25) is 4.99 Å². The number of thiophene rings is 1. The number of aromatic amines is 2. The van der Waals surface area contributed by atoms with Gasteiger partial charge >= 0.3 is 0 Å². The number of hydrogen-bond donors (Lipinski definition) is 3. The van der Waals surface area contributed by atoms with E-state index in [1.54, 1.807) is 18.4 Å². The van der Waals surface area contributed by atoms with Gasteiger partial charge in [-0.25, -0.2) is 4.98 Å². The summed E-state index contributed by atoms with van der Waals surface area (Å²) in [6.45, 7) is 0. The van der Waals surface area contributed by atoms with Crippen molar-refractivity contribution in [2.45, 2.75) is 12.5 Å². The zero-order chi connectivity index (χ0) is 21.9. The number of para-hydroxylation sites is 2. The number of aliphatic imine (C=N–C) groups is 1. The van der Waals surface area contributed by atoms with E-state index in [2.05, 4.69) is 27.1 Å². The van der Waals surface area contributed by atoms with Gasteiger partial charge in [0.1, 0.15) is 23.5 Å². The average molecular weight is 569 g/mol. The average Bonchev–Trinajstić information content (AvgIpc) is 3.60. The normalized spacial score (nSPS) is 12.5. The van der Waals surface area contributed by atoms with Crippen LogP contribution in [0.5, 0.6) is 5.75 Å². The maximum absolute atomic E-state index is 6.37. The van der Waals surface area contributed by atoms with Gasteiger partial charge in [0, 0.05) is 40.0 Å². The van der Waals surface area contributed by atoms with Gasteiger partial charge in [-0.15, -0.1) is 24.0 Å². The Morgan fingerprint density at radius 3 is 2.79 bits per heavy atom. The number of amidine groups is 1. The van der Waals surface area contributed by atoms with Crippen molar-refractivity contribution < 1.29 is 4.74 Å². The molecule has 5 rings (SSSR count). The first-order valence-electron chi connectivity index (χ1n) is 10.3. The molecule has 3 heterocycles. The molecule has 8 heteroatoms. The summed E-state index contributed by atoms with van der Waals surface area (Å²) in [5.74, 6) is 2.05. The number of nitrogens with two attached hydrogens (primary N) is 1. The third-order valence-corrected chi connectivity index (χ3v) is 6.19. The maximum atomic E-state index is 6.37. The van der Waals surface area contributed by atoms with Gasteiger partial charge in [0.2, 0.25) is 0 Å². The van der Waals surface area contributed by atoms with Crippen LogP contribution in [0.2, 0.25) is 0 Å². The Hall–Kier alpha value is -3.11. The fraction of sp³-hybridized carbons (Fsp3) is 0.120. The Morgan fingerprint density at radius 2 is 1.97 bits per heavy atom. The van der Waals surface area contributed by atoms with E-state index in [9.17, 15) is 0 Å². The Morgan fingerprint density at radius 1 is 1.15 bits per heavy atom. The van der Waals surface area contributed by atoms with Gasteiger partial charge in [-0.1, -0.05) is 30.3 Å². The molecule has 2 aromatic carbocycles. The molecule has 168 valence electrons. The van der Waals surface area contributed by atoms with Crippen LogP contribution in [0, 0.1) is 0 Å². The van der Waals surface area contributed by atoms with E-state index in [1.807, 2.05) is 65.6 Å². The number of fused-ring (bicyclic) bond motifs is 1. The van der Waals surface area contributed by atoms with Crippen LogP contribution in [0.15, 0.2) is 82.7 Å². The molecular formula is C25H24IN5OS. The molecule has 0 saturated heterocycles. The zero-order valence-corrected chi connectivity index (χ0v) is 21.1. The predicted octanol–water partition coefficient (Wildman–Crippen LogP) is 5.94. The van der Waals surface area contributed by atoms with E-state index >= 15 is 0 Å². The Labute approximate surface area is 213 Å². The van der Waals surface area contributed by atoms with Crippen molar-refractivity contribution in [1.82, 2.24) is 15.0 Å². The lowest BCUT2D eigenvalue weighted by Gasteiger charge is -2.12. The molecule has 0 fully saturated rings. The van der Waals surface area contributed by atoms with Crippen LogP contribution in [0.25, 0.3) is 22.2 Å². The predicted molar refractivity (Wildman–Crippen MR) is 146 cm³/mol. The van der Waals surface area contributed by atoms with Gasteiger partial charge in [0.15, 0.2) is 0 Å². The van der Waals surface area contributed by atoms with Gasteiger partial charge in [-0.05, 0) is 35.2 Å². The van der Waals surface area contributed by atoms with Gasteiger partial charge in [-0.2, -0.15) is 11.3 Å². The third kappa shape index (κ3) is 4.81. The van der Waals surface area contributed by atoms with Crippen molar-refractivity contribution in [1.29, 1.82) is 0 Å². The summed E-state index contributed by atoms with van der Waals surface area (Å²) in [6.07, 6.45) is 4.53. The van der Waals surface area contributed by atoms with Crippen LogP contribution in [0.4, 0.5) is 0 Å². The summed E-state index contributed by atoms with van der Waals surface area (Å²) in [6, 6.07) is 17.9. The number of imidazole rings is 1. The van der Waals surface area contributed by atoms with Crippen molar-refractivity contribution in [3.63, 3.8) is 0 Å². The highest BCUT2D eigenvalue weighted by Crippen LogP contribution is 2.31. The summed E-state index contributed by atoms with van der Waals surface area (Å²) >= 11 is 1.60. The highest BCUT2D eigenvalue weighted by atomic mass is 127. The minimum atomic E-state index is -0.266. The number of ether oxygens (including phenoxy) is 1. The second-order valence-corrected chi connectivity index (χ2v) is 8.27. The lowest BCUT2D eigenvalue weighted by atomic mass is 10.0. The van der Waals surface area contributed by atoms with Crippen molar-refractivity contribution in [3.05, 3.63) is 94.7 Å². The summed E-state index contributed by atoms with van der Waals surface area (Å²) in [4.78, 5) is 16.4. The van der Waals surface area contributed by atoms with E-state index in [4.69, 9.17) is 15.5 Å². The molecule has 0 aliphatic carbocycles. The first kappa shape index (κ1) is 23.1. The Balaban J connectivity index is 0.00000259. The molecule has 1 atom stereocenters. The number of nitrogens with one attached hydrogen (secondary N) is 2. The molecule has 0 radical (unpaired) electrons. The number of rotatable bonds is 7. The number of halogens is 1. The van der Waals surface area contributed by atoms with E-state index in [0.717, 1.165) is 33.9 Å². The summed E-state index contributed by atoms with van der Waals surface area (Å²) in [7, 11) is 1.67. The standard InChI is InChI=1S/C25H23N5OS.HI/c1-31-23-9-5-3-7-19(23)22-14-28-25(30-22)21(29-24(26)16-10-11-32-15-16)12-17-13-27-20-8-4-2-6-18(17)20;/h2-11,13-15,21,27H,12H2,1H3,(H2,26,29)(H,28,30);1H/t21-;/m1./s1. The van der Waals surface area contributed by atoms with Gasteiger partial charge in [0.25, 0.3) is 0 Å². The van der Waals surface area contributed by atoms with Crippen molar-refractivity contribution in [2.75, 3.05) is 7.11 Å². The molecule has 4 N–H and O–H groups in total. The molecule has 0 bridgehead atoms. The van der Waals surface area contributed by atoms with E-state index < -0.39 is 0 Å². The molecular weight excluding hydrogens is 545 g/mol. The number of H-pyrrole nitrogens is 2. The number of nitrogens with zero attached hydrogens (tertiary/aromatic N) is 2. The fourth-order valence-corrected chi connectivity index (χ4v) is 4.52. The molecule has 0 aliphatic rings. The highest BCUT2D eigenvalue weighted by molar-refractivity contribution is 14.0. The second kappa shape index (κ2) is 10.2. The second-order valence-electron chi connectivity index (χ2n) is 7.49. The molecule has 3 aromatic heterocycles. The van der Waals surface area contributed by atoms with Gasteiger partial charge < -0.3 is 20.4 Å². The lowest BCUT2D eigenvalue weighted by molar-refractivity contribution is 0.416. The molecule has 0 unspecified atom stereocenters. The molecule has 0 spiro atoms. The fourth-order valence-electron chi connectivity index (χ4n) is 3.87. The quantitative estimate of drug-likeness (QED) is 0.129. The number of methoxy groups -OCH3 is 1. The van der Waals surface area contributed by atoms with Crippen LogP contribution in [0.3, 0.4) is 0 Å². The van der Waals surface area contributed by atoms with Crippen molar-refractivity contribution in [3.8, 4) is 17.0 Å². The number of hydrogen-bond acceptors (Lipinski definition) is 4. The molecule has 6 nitrogen and oxygen atoms in total. The first-order chi connectivity index (χ1) is 15.7. The zero-order valence-electron chi connectivity index (χ0n) is 18.0. The van der Waals surface area contributed by atoms with Crippen molar-refractivity contribution in [2.24, 2.45) is 10.7 Å². The molecule has 0 saturated carbocycles. The highest BCUT2D eigenvalue weighted by Gasteiger charge is 2.19. The first-order valence-corrected chi connectivity index (χ1v) is 11.3. The molecule has 5 aromatic rings. The topological polar surface area (TPSA) is 92.1 Å². The minimum absolute atomic E-state index is 0. The molecule has 0 aliphatic heterocycles. The monoisotopic (exact) mass is 569 g/mol. The number of benzene rings is 2. The number of aromatic nitrogens is 3. The van der Waals surface area contributed by atoms with Crippen LogP contribution >= 0.6 is 35.3 Å². The third-order valence-electron chi connectivity index (χ3n) is 5.51. The van der Waals surface area contributed by atoms with E-state index in [1.165, 1.54) is 10.9 Å². The Bertz CT molecular complexity index is 1370. The van der Waals surface area contributed by atoms with Crippen LogP contribution in [-0.4, -0.2) is 27.9 Å². The van der Waals surface area contributed by atoms with Crippen LogP contribution in [-0.2, 0) is 6.42 Å². The van der Waals surface area contributed by atoms with Crippen LogP contribution in [0.1, 0.15) is 23.0 Å². The van der Waals surface area contributed by atoms with Gasteiger partial charge in [0.05, 0.1) is 19.0 Å². The van der Waals surface area contributed by atoms with Crippen molar-refractivity contribution >= 4 is 52.1 Å². The maximum Gasteiger partial charge on any atom is 0.131 e. The largest absolute Gasteiger partial charge is 0.496 e. The SMILES string of the molecule is COc1ccccc1-c1cnc([C@@H](Cc2c[nH]c3ccccc23)N=C(N)c2ccsc2)[nH]1.I. The minimum Gasteiger partial charge on any atom is -0.496 e. The summed E-state index contributed by atoms with van der Waals surface area (Å²) in [5, 5.41) is 5.18. The molecule has 33 heavy (non-hydrogen) atoms. The summed E-state index contributed by atoms with van der Waals surface area (Å²) < 4.78 is 5.52. The van der Waals surface area contributed by atoms with Crippen LogP contribution < -0.4 is 10.5 Å². The summed E-state index contributed by atoms with van der Waals surface area (Å²) in [5.41, 5.74) is 11.4. The van der Waals surface area contributed by atoms with E-state index in [0.29, 0.717) is 12.3 Å². The smallest absolute Gasteiger partial charge is 0.131 e. The Kier molecular flexibility index (Phi) is 7.14. The molecule has 0 amide bonds.